The average molecular weight is 195 g/mol. The first kappa shape index (κ1) is 9.17. The fourth-order valence-electron chi connectivity index (χ4n) is 2.94. The molecule has 2 N–H and O–H groups in total. The summed E-state index contributed by atoms with van der Waals surface area (Å²) in [6, 6.07) is 0.732. The lowest BCUT2D eigenvalue weighted by atomic mass is 9.75. The molecule has 3 saturated carbocycles. The van der Waals surface area contributed by atoms with Crippen LogP contribution in [0.2, 0.25) is 0 Å². The molecular formula is C12H21NO. The van der Waals surface area contributed by atoms with Crippen LogP contribution in [0.1, 0.15) is 51.4 Å². The fourth-order valence-corrected chi connectivity index (χ4v) is 2.94. The van der Waals surface area contributed by atoms with Gasteiger partial charge in [-0.3, -0.25) is 0 Å². The Hall–Kier alpha value is -0.0800. The van der Waals surface area contributed by atoms with E-state index in [-0.39, 0.29) is 5.54 Å². The summed E-state index contributed by atoms with van der Waals surface area (Å²) in [5, 5.41) is 13.2. The zero-order valence-electron chi connectivity index (χ0n) is 8.89. The lowest BCUT2D eigenvalue weighted by Crippen LogP contribution is -2.52. The molecule has 0 aromatic heterocycles. The van der Waals surface area contributed by atoms with Crippen LogP contribution in [-0.4, -0.2) is 23.3 Å². The maximum Gasteiger partial charge on any atom is 0.0613 e. The van der Waals surface area contributed by atoms with Gasteiger partial charge in [0.15, 0.2) is 0 Å². The van der Waals surface area contributed by atoms with Gasteiger partial charge in [-0.25, -0.2) is 0 Å². The molecule has 2 heteroatoms. The fraction of sp³-hybridized carbons (Fsp3) is 1.00. The van der Waals surface area contributed by atoms with Crippen LogP contribution in [0.3, 0.4) is 0 Å². The molecule has 3 fully saturated rings. The van der Waals surface area contributed by atoms with Crippen molar-refractivity contribution in [3.05, 3.63) is 0 Å². The van der Waals surface area contributed by atoms with E-state index in [0.29, 0.717) is 6.61 Å². The van der Waals surface area contributed by atoms with Crippen molar-refractivity contribution in [1.82, 2.24) is 5.32 Å². The van der Waals surface area contributed by atoms with E-state index in [1.807, 2.05) is 0 Å². The number of aliphatic hydroxyl groups excluding tert-OH is 1. The lowest BCUT2D eigenvalue weighted by Gasteiger charge is -2.40. The molecule has 0 amide bonds. The molecule has 14 heavy (non-hydrogen) atoms. The Bertz CT molecular complexity index is 220. The molecule has 2 nitrogen and oxygen atoms in total. The smallest absolute Gasteiger partial charge is 0.0613 e. The summed E-state index contributed by atoms with van der Waals surface area (Å²) in [5.74, 6) is 0. The molecule has 0 atom stereocenters. The normalized spacial score (nSPS) is 33.2. The van der Waals surface area contributed by atoms with Crippen molar-refractivity contribution in [3.63, 3.8) is 0 Å². The van der Waals surface area contributed by atoms with Crippen LogP contribution in [0.5, 0.6) is 0 Å². The highest BCUT2D eigenvalue weighted by atomic mass is 16.3. The summed E-state index contributed by atoms with van der Waals surface area (Å²) in [7, 11) is 0. The van der Waals surface area contributed by atoms with Gasteiger partial charge in [-0.1, -0.05) is 0 Å². The molecule has 0 unspecified atom stereocenters. The van der Waals surface area contributed by atoms with Gasteiger partial charge in [0.1, 0.15) is 0 Å². The minimum atomic E-state index is 0.106. The Morgan fingerprint density at radius 2 is 1.57 bits per heavy atom. The van der Waals surface area contributed by atoms with Crippen LogP contribution in [0.25, 0.3) is 0 Å². The van der Waals surface area contributed by atoms with Gasteiger partial charge in [-0.2, -0.15) is 0 Å². The summed E-state index contributed by atoms with van der Waals surface area (Å²) in [5.41, 5.74) is 0.846. The van der Waals surface area contributed by atoms with E-state index >= 15 is 0 Å². The standard InChI is InChI=1S/C12H21NO/c14-9-12(13-10-1-2-10)7-5-11(3-4-11)6-8-12/h10,13-14H,1-9H2. The van der Waals surface area contributed by atoms with Crippen LogP contribution in [0.15, 0.2) is 0 Å². The van der Waals surface area contributed by atoms with Gasteiger partial charge in [-0.15, -0.1) is 0 Å². The van der Waals surface area contributed by atoms with Gasteiger partial charge in [0.25, 0.3) is 0 Å². The zero-order valence-corrected chi connectivity index (χ0v) is 8.89. The van der Waals surface area contributed by atoms with Crippen molar-refractivity contribution in [3.8, 4) is 0 Å². The van der Waals surface area contributed by atoms with Crippen molar-refractivity contribution in [2.24, 2.45) is 5.41 Å². The Morgan fingerprint density at radius 1 is 1.00 bits per heavy atom. The molecule has 0 aromatic carbocycles. The van der Waals surface area contributed by atoms with Crippen LogP contribution in [0, 0.1) is 5.41 Å². The zero-order chi connectivity index (χ0) is 9.65. The topological polar surface area (TPSA) is 32.3 Å². The van der Waals surface area contributed by atoms with E-state index in [9.17, 15) is 5.11 Å². The molecule has 0 aromatic rings. The third kappa shape index (κ3) is 1.59. The molecule has 3 aliphatic rings. The van der Waals surface area contributed by atoms with Crippen molar-refractivity contribution in [2.75, 3.05) is 6.61 Å². The second kappa shape index (κ2) is 2.96. The molecule has 0 saturated heterocycles. The highest BCUT2D eigenvalue weighted by Gasteiger charge is 2.49. The maximum absolute atomic E-state index is 9.55. The van der Waals surface area contributed by atoms with E-state index in [0.717, 1.165) is 11.5 Å². The van der Waals surface area contributed by atoms with Gasteiger partial charge in [0, 0.05) is 11.6 Å². The predicted molar refractivity (Wildman–Crippen MR) is 56.1 cm³/mol. The first-order valence-corrected chi connectivity index (χ1v) is 6.15. The molecule has 0 bridgehead atoms. The van der Waals surface area contributed by atoms with E-state index in [1.54, 1.807) is 0 Å². The largest absolute Gasteiger partial charge is 0.394 e. The van der Waals surface area contributed by atoms with Crippen LogP contribution in [0.4, 0.5) is 0 Å². The molecule has 1 spiro atoms. The summed E-state index contributed by atoms with van der Waals surface area (Å²) in [6.07, 6.45) is 10.7. The first-order chi connectivity index (χ1) is 6.76. The SMILES string of the molecule is OCC1(NC2CC2)CCC2(CC2)CC1. The summed E-state index contributed by atoms with van der Waals surface area (Å²) in [6.45, 7) is 0.347. The van der Waals surface area contributed by atoms with E-state index in [4.69, 9.17) is 0 Å². The summed E-state index contributed by atoms with van der Waals surface area (Å²) in [4.78, 5) is 0. The van der Waals surface area contributed by atoms with Crippen LogP contribution >= 0.6 is 0 Å². The van der Waals surface area contributed by atoms with Gasteiger partial charge in [0.05, 0.1) is 6.61 Å². The minimum Gasteiger partial charge on any atom is -0.394 e. The molecular weight excluding hydrogens is 174 g/mol. The Balaban J connectivity index is 1.62. The second-order valence-corrected chi connectivity index (χ2v) is 5.86. The highest BCUT2D eigenvalue weighted by Crippen LogP contribution is 2.58. The van der Waals surface area contributed by atoms with Crippen molar-refractivity contribution < 1.29 is 5.11 Å². The van der Waals surface area contributed by atoms with Gasteiger partial charge < -0.3 is 10.4 Å². The molecule has 0 aliphatic heterocycles. The monoisotopic (exact) mass is 195 g/mol. The minimum absolute atomic E-state index is 0.106. The molecule has 0 heterocycles. The third-order valence-corrected chi connectivity index (χ3v) is 4.62. The van der Waals surface area contributed by atoms with Crippen molar-refractivity contribution in [1.29, 1.82) is 0 Å². The van der Waals surface area contributed by atoms with E-state index < -0.39 is 0 Å². The highest BCUT2D eigenvalue weighted by molar-refractivity contribution is 5.05. The van der Waals surface area contributed by atoms with Crippen molar-refractivity contribution >= 4 is 0 Å². The predicted octanol–water partition coefficient (Wildman–Crippen LogP) is 1.82. The molecule has 3 rings (SSSR count). The van der Waals surface area contributed by atoms with Crippen LogP contribution < -0.4 is 5.32 Å². The molecule has 3 aliphatic carbocycles. The number of nitrogens with one attached hydrogen (secondary N) is 1. The molecule has 80 valence electrons. The van der Waals surface area contributed by atoms with E-state index in [2.05, 4.69) is 5.32 Å². The Kier molecular flexibility index (Phi) is 1.94. The third-order valence-electron chi connectivity index (χ3n) is 4.62. The van der Waals surface area contributed by atoms with Crippen molar-refractivity contribution in [2.45, 2.75) is 62.9 Å². The Labute approximate surface area is 86.1 Å². The molecule has 0 radical (unpaired) electrons. The van der Waals surface area contributed by atoms with Gasteiger partial charge in [-0.05, 0) is 56.8 Å². The average Bonchev–Trinajstić information content (AvgIpc) is 3.08. The summed E-state index contributed by atoms with van der Waals surface area (Å²) >= 11 is 0. The van der Waals surface area contributed by atoms with Gasteiger partial charge in [0.2, 0.25) is 0 Å². The number of rotatable bonds is 3. The van der Waals surface area contributed by atoms with Gasteiger partial charge >= 0.3 is 0 Å². The summed E-state index contributed by atoms with van der Waals surface area (Å²) < 4.78 is 0. The first-order valence-electron chi connectivity index (χ1n) is 6.15. The van der Waals surface area contributed by atoms with Crippen LogP contribution in [-0.2, 0) is 0 Å². The van der Waals surface area contributed by atoms with E-state index in [1.165, 1.54) is 51.4 Å². The Morgan fingerprint density at radius 3 is 2.00 bits per heavy atom. The quantitative estimate of drug-likeness (QED) is 0.720. The maximum atomic E-state index is 9.55. The number of aliphatic hydroxyl groups is 1. The number of hydrogen-bond donors (Lipinski definition) is 2. The number of hydrogen-bond acceptors (Lipinski definition) is 2. The lowest BCUT2D eigenvalue weighted by molar-refractivity contribution is 0.0947. The second-order valence-electron chi connectivity index (χ2n) is 5.86.